The molecule has 1 aromatic rings. The van der Waals surface area contributed by atoms with Gasteiger partial charge >= 0.3 is 0 Å². The topological polar surface area (TPSA) is 39.2 Å². The molecule has 1 aliphatic heterocycles. The summed E-state index contributed by atoms with van der Waals surface area (Å²) in [6.07, 6.45) is 5.86. The lowest BCUT2D eigenvalue weighted by atomic mass is 9.98. The van der Waals surface area contributed by atoms with Crippen LogP contribution in [0.4, 0.5) is 0 Å². The Labute approximate surface area is 89.5 Å². The maximum absolute atomic E-state index is 11.7. The number of hydrogen-bond acceptors (Lipinski definition) is 3. The average Bonchev–Trinajstić information content (AvgIpc) is 2.81. The van der Waals surface area contributed by atoms with Crippen molar-refractivity contribution in [1.29, 1.82) is 0 Å². The van der Waals surface area contributed by atoms with Gasteiger partial charge in [-0.3, -0.25) is 9.78 Å². The van der Waals surface area contributed by atoms with Crippen molar-refractivity contribution in [3.63, 3.8) is 0 Å². The Balaban J connectivity index is 1.80. The highest BCUT2D eigenvalue weighted by Crippen LogP contribution is 2.16. The molecule has 1 saturated heterocycles. The van der Waals surface area contributed by atoms with E-state index >= 15 is 0 Å². The summed E-state index contributed by atoms with van der Waals surface area (Å²) in [6, 6.07) is 3.91. The second kappa shape index (κ2) is 5.03. The first-order valence-electron chi connectivity index (χ1n) is 5.35. The van der Waals surface area contributed by atoms with Crippen LogP contribution in [0, 0.1) is 5.92 Å². The average molecular weight is 205 g/mol. The fraction of sp³-hybridized carbons (Fsp3) is 0.500. The SMILES string of the molecule is O=C(CCc1cccnc1)C1CCOC1. The van der Waals surface area contributed by atoms with Gasteiger partial charge in [0.1, 0.15) is 5.78 Å². The van der Waals surface area contributed by atoms with Gasteiger partial charge in [0.25, 0.3) is 0 Å². The molecule has 2 heterocycles. The minimum Gasteiger partial charge on any atom is -0.381 e. The molecule has 3 nitrogen and oxygen atoms in total. The van der Waals surface area contributed by atoms with Crippen LogP contribution in [0.15, 0.2) is 24.5 Å². The molecule has 0 radical (unpaired) electrons. The van der Waals surface area contributed by atoms with Crippen LogP contribution in [0.25, 0.3) is 0 Å². The zero-order valence-corrected chi connectivity index (χ0v) is 8.69. The molecule has 0 spiro atoms. The Bertz CT molecular complexity index is 318. The Hall–Kier alpha value is -1.22. The largest absolute Gasteiger partial charge is 0.381 e. The molecule has 15 heavy (non-hydrogen) atoms. The third-order valence-corrected chi connectivity index (χ3v) is 2.77. The van der Waals surface area contributed by atoms with Crippen molar-refractivity contribution in [3.05, 3.63) is 30.1 Å². The van der Waals surface area contributed by atoms with Gasteiger partial charge in [-0.25, -0.2) is 0 Å². The Morgan fingerprint density at radius 1 is 1.60 bits per heavy atom. The number of nitrogens with zero attached hydrogens (tertiary/aromatic N) is 1. The predicted octanol–water partition coefficient (Wildman–Crippen LogP) is 1.62. The van der Waals surface area contributed by atoms with Crippen molar-refractivity contribution in [2.75, 3.05) is 13.2 Å². The molecule has 3 heteroatoms. The molecule has 1 fully saturated rings. The molecule has 1 atom stereocenters. The summed E-state index contributed by atoms with van der Waals surface area (Å²) in [7, 11) is 0. The van der Waals surface area contributed by atoms with E-state index in [9.17, 15) is 4.79 Å². The Morgan fingerprint density at radius 2 is 2.53 bits per heavy atom. The molecule has 0 saturated carbocycles. The van der Waals surface area contributed by atoms with Gasteiger partial charge in [0.15, 0.2) is 0 Å². The third kappa shape index (κ3) is 2.86. The smallest absolute Gasteiger partial charge is 0.138 e. The fourth-order valence-corrected chi connectivity index (χ4v) is 1.81. The van der Waals surface area contributed by atoms with Gasteiger partial charge in [0.2, 0.25) is 0 Å². The molecule has 0 aliphatic carbocycles. The minimum atomic E-state index is 0.140. The van der Waals surface area contributed by atoms with E-state index in [2.05, 4.69) is 4.98 Å². The number of Topliss-reactive ketones (excluding diaryl/α,β-unsaturated/α-hetero) is 1. The number of hydrogen-bond donors (Lipinski definition) is 0. The number of pyridine rings is 1. The lowest BCUT2D eigenvalue weighted by Crippen LogP contribution is -2.14. The minimum absolute atomic E-state index is 0.140. The lowest BCUT2D eigenvalue weighted by molar-refractivity contribution is -0.122. The first-order valence-corrected chi connectivity index (χ1v) is 5.35. The monoisotopic (exact) mass is 205 g/mol. The first kappa shape index (κ1) is 10.3. The molecule has 80 valence electrons. The van der Waals surface area contributed by atoms with Crippen molar-refractivity contribution in [2.45, 2.75) is 19.3 Å². The highest BCUT2D eigenvalue weighted by molar-refractivity contribution is 5.81. The maximum Gasteiger partial charge on any atom is 0.138 e. The van der Waals surface area contributed by atoms with Crippen LogP contribution in [0.3, 0.4) is 0 Å². The standard InChI is InChI=1S/C12H15NO2/c14-12(11-5-7-15-9-11)4-3-10-2-1-6-13-8-10/h1-2,6,8,11H,3-5,7,9H2. The summed E-state index contributed by atoms with van der Waals surface area (Å²) in [6.45, 7) is 1.36. The number of carbonyl (C=O) groups is 1. The van der Waals surface area contributed by atoms with Crippen LogP contribution < -0.4 is 0 Å². The first-order chi connectivity index (χ1) is 7.36. The molecule has 0 bridgehead atoms. The number of ketones is 1. The van der Waals surface area contributed by atoms with Gasteiger partial charge in [0.05, 0.1) is 6.61 Å². The van der Waals surface area contributed by atoms with Crippen molar-refractivity contribution >= 4 is 5.78 Å². The second-order valence-corrected chi connectivity index (χ2v) is 3.89. The van der Waals surface area contributed by atoms with Gasteiger partial charge in [-0.05, 0) is 24.5 Å². The molecule has 1 unspecified atom stereocenters. The van der Waals surface area contributed by atoms with Crippen LogP contribution in [0.1, 0.15) is 18.4 Å². The summed E-state index contributed by atoms with van der Waals surface area (Å²) in [4.78, 5) is 15.7. The van der Waals surface area contributed by atoms with Gasteiger partial charge in [0, 0.05) is 31.3 Å². The summed E-state index contributed by atoms with van der Waals surface area (Å²) < 4.78 is 5.20. The van der Waals surface area contributed by atoms with E-state index in [0.29, 0.717) is 18.8 Å². The van der Waals surface area contributed by atoms with E-state index in [1.807, 2.05) is 18.3 Å². The Morgan fingerprint density at radius 3 is 3.20 bits per heavy atom. The molecular weight excluding hydrogens is 190 g/mol. The van der Waals surface area contributed by atoms with Crippen LogP contribution in [-0.2, 0) is 16.0 Å². The van der Waals surface area contributed by atoms with Gasteiger partial charge in [-0.2, -0.15) is 0 Å². The van der Waals surface area contributed by atoms with E-state index in [4.69, 9.17) is 4.74 Å². The highest BCUT2D eigenvalue weighted by atomic mass is 16.5. The fourth-order valence-electron chi connectivity index (χ4n) is 1.81. The zero-order chi connectivity index (χ0) is 10.5. The predicted molar refractivity (Wildman–Crippen MR) is 56.5 cm³/mol. The number of aryl methyl sites for hydroxylation is 1. The number of rotatable bonds is 4. The van der Waals surface area contributed by atoms with Crippen LogP contribution in [0.2, 0.25) is 0 Å². The molecule has 2 rings (SSSR count). The highest BCUT2D eigenvalue weighted by Gasteiger charge is 2.22. The summed E-state index contributed by atoms with van der Waals surface area (Å²) in [5, 5.41) is 0. The van der Waals surface area contributed by atoms with Crippen LogP contribution in [0.5, 0.6) is 0 Å². The molecular formula is C12H15NO2. The second-order valence-electron chi connectivity index (χ2n) is 3.89. The third-order valence-electron chi connectivity index (χ3n) is 2.77. The van der Waals surface area contributed by atoms with Crippen LogP contribution >= 0.6 is 0 Å². The molecule has 0 N–H and O–H groups in total. The van der Waals surface area contributed by atoms with Gasteiger partial charge in [-0.1, -0.05) is 6.07 Å². The molecule has 1 aliphatic rings. The normalized spacial score (nSPS) is 20.4. The number of aromatic nitrogens is 1. The van der Waals surface area contributed by atoms with Crippen molar-refractivity contribution in [2.24, 2.45) is 5.92 Å². The van der Waals surface area contributed by atoms with Crippen LogP contribution in [-0.4, -0.2) is 24.0 Å². The van der Waals surface area contributed by atoms with E-state index < -0.39 is 0 Å². The summed E-state index contributed by atoms with van der Waals surface area (Å²) in [5.41, 5.74) is 1.13. The van der Waals surface area contributed by atoms with Gasteiger partial charge < -0.3 is 4.74 Å². The molecule has 1 aromatic heterocycles. The van der Waals surface area contributed by atoms with E-state index in [-0.39, 0.29) is 5.92 Å². The molecule has 0 aromatic carbocycles. The summed E-state index contributed by atoms with van der Waals surface area (Å²) >= 11 is 0. The van der Waals surface area contributed by atoms with E-state index in [1.54, 1.807) is 6.20 Å². The zero-order valence-electron chi connectivity index (χ0n) is 8.69. The van der Waals surface area contributed by atoms with Crippen molar-refractivity contribution < 1.29 is 9.53 Å². The van der Waals surface area contributed by atoms with Crippen molar-refractivity contribution in [3.8, 4) is 0 Å². The quantitative estimate of drug-likeness (QED) is 0.749. The summed E-state index contributed by atoms with van der Waals surface area (Å²) in [5.74, 6) is 0.470. The molecule has 0 amide bonds. The maximum atomic E-state index is 11.7. The Kier molecular flexibility index (Phi) is 3.45. The van der Waals surface area contributed by atoms with E-state index in [1.165, 1.54) is 0 Å². The van der Waals surface area contributed by atoms with Crippen molar-refractivity contribution in [1.82, 2.24) is 4.98 Å². The van der Waals surface area contributed by atoms with E-state index in [0.717, 1.165) is 25.0 Å². The number of carbonyl (C=O) groups excluding carboxylic acids is 1. The number of ether oxygens (including phenoxy) is 1. The lowest BCUT2D eigenvalue weighted by Gasteiger charge is -2.05. The van der Waals surface area contributed by atoms with Gasteiger partial charge in [-0.15, -0.1) is 0 Å².